The fourth-order valence-electron chi connectivity index (χ4n) is 1.37. The molecule has 1 aromatic rings. The number of carbonyl (C=O) groups is 2. The Hall–Kier alpha value is -1.20. The van der Waals surface area contributed by atoms with Crippen LogP contribution in [0.15, 0.2) is 23.1 Å². The van der Waals surface area contributed by atoms with E-state index in [0.29, 0.717) is 10.7 Å². The van der Waals surface area contributed by atoms with Crippen LogP contribution in [0.2, 0.25) is 5.02 Å². The summed E-state index contributed by atoms with van der Waals surface area (Å²) in [4.78, 5) is 23.1. The lowest BCUT2D eigenvalue weighted by Crippen LogP contribution is -2.22. The van der Waals surface area contributed by atoms with Crippen molar-refractivity contribution in [2.45, 2.75) is 16.6 Å². The van der Waals surface area contributed by atoms with E-state index in [2.05, 4.69) is 5.32 Å². The van der Waals surface area contributed by atoms with Crippen molar-refractivity contribution < 1.29 is 9.59 Å². The Bertz CT molecular complexity index is 464. The van der Waals surface area contributed by atoms with Gasteiger partial charge >= 0.3 is 0 Å². The van der Waals surface area contributed by atoms with E-state index in [-0.39, 0.29) is 23.5 Å². The maximum absolute atomic E-state index is 11.3. The third-order valence-corrected chi connectivity index (χ3v) is 3.69. The summed E-state index contributed by atoms with van der Waals surface area (Å²) < 4.78 is 0. The fraction of sp³-hybridized carbons (Fsp3) is 0.200. The predicted molar refractivity (Wildman–Crippen MR) is 63.3 cm³/mol. The average Bonchev–Trinajstić information content (AvgIpc) is 2.51. The zero-order valence-corrected chi connectivity index (χ0v) is 9.77. The van der Waals surface area contributed by atoms with Crippen LogP contribution in [0, 0.1) is 0 Å². The first-order chi connectivity index (χ1) is 7.56. The third kappa shape index (κ3) is 2.31. The quantitative estimate of drug-likeness (QED) is 0.620. The molecule has 4 nitrogen and oxygen atoms in total. The molecule has 0 bridgehead atoms. The van der Waals surface area contributed by atoms with Crippen molar-refractivity contribution >= 4 is 40.9 Å². The molecule has 0 radical (unpaired) electrons. The van der Waals surface area contributed by atoms with Gasteiger partial charge in [0.15, 0.2) is 0 Å². The molecule has 0 aliphatic carbocycles. The van der Waals surface area contributed by atoms with Crippen LogP contribution < -0.4 is 11.1 Å². The van der Waals surface area contributed by atoms with Crippen molar-refractivity contribution in [2.75, 3.05) is 5.73 Å². The van der Waals surface area contributed by atoms with Crippen molar-refractivity contribution in [3.05, 3.63) is 23.2 Å². The first kappa shape index (κ1) is 11.3. The number of benzene rings is 1. The van der Waals surface area contributed by atoms with E-state index in [1.807, 2.05) is 0 Å². The van der Waals surface area contributed by atoms with E-state index in [0.717, 1.165) is 4.90 Å². The van der Waals surface area contributed by atoms with Crippen LogP contribution in [0.25, 0.3) is 0 Å². The second-order valence-electron chi connectivity index (χ2n) is 3.41. The van der Waals surface area contributed by atoms with Gasteiger partial charge in [-0.05, 0) is 18.2 Å². The molecule has 1 aliphatic rings. The fourth-order valence-corrected chi connectivity index (χ4v) is 2.68. The summed E-state index contributed by atoms with van der Waals surface area (Å²) >= 11 is 7.17. The van der Waals surface area contributed by atoms with E-state index < -0.39 is 0 Å². The molecule has 1 aromatic carbocycles. The van der Waals surface area contributed by atoms with Crippen molar-refractivity contribution in [3.63, 3.8) is 0 Å². The van der Waals surface area contributed by atoms with E-state index >= 15 is 0 Å². The lowest BCUT2D eigenvalue weighted by atomic mass is 10.3. The van der Waals surface area contributed by atoms with Crippen LogP contribution in [0.1, 0.15) is 6.42 Å². The summed E-state index contributed by atoms with van der Waals surface area (Å²) in [6.45, 7) is 0. The Labute approximate surface area is 102 Å². The normalized spacial score (nSPS) is 19.9. The SMILES string of the molecule is Nc1ccc(SC2CC(=O)NC2=O)cc1Cl. The summed E-state index contributed by atoms with van der Waals surface area (Å²) in [6, 6.07) is 5.15. The number of nitrogens with two attached hydrogens (primary N) is 1. The largest absolute Gasteiger partial charge is 0.398 e. The molecule has 6 heteroatoms. The number of nitrogens with one attached hydrogen (secondary N) is 1. The van der Waals surface area contributed by atoms with E-state index in [1.165, 1.54) is 11.8 Å². The van der Waals surface area contributed by atoms with Crippen molar-refractivity contribution in [3.8, 4) is 0 Å². The monoisotopic (exact) mass is 256 g/mol. The molecule has 0 spiro atoms. The van der Waals surface area contributed by atoms with Crippen molar-refractivity contribution in [1.29, 1.82) is 0 Å². The number of hydrogen-bond acceptors (Lipinski definition) is 4. The molecule has 84 valence electrons. The highest BCUT2D eigenvalue weighted by Gasteiger charge is 2.31. The molecular weight excluding hydrogens is 248 g/mol. The number of carbonyl (C=O) groups excluding carboxylic acids is 2. The highest BCUT2D eigenvalue weighted by molar-refractivity contribution is 8.00. The Balaban J connectivity index is 2.12. The number of imide groups is 1. The first-order valence-electron chi connectivity index (χ1n) is 4.61. The van der Waals surface area contributed by atoms with Gasteiger partial charge in [-0.1, -0.05) is 11.6 Å². The minimum Gasteiger partial charge on any atom is -0.398 e. The molecule has 1 heterocycles. The Morgan fingerprint density at radius 3 is 2.75 bits per heavy atom. The topological polar surface area (TPSA) is 72.2 Å². The van der Waals surface area contributed by atoms with Crippen LogP contribution in [0.4, 0.5) is 5.69 Å². The molecule has 1 unspecified atom stereocenters. The van der Waals surface area contributed by atoms with Gasteiger partial charge in [-0.15, -0.1) is 11.8 Å². The molecule has 2 amide bonds. The summed E-state index contributed by atoms with van der Waals surface area (Å²) in [7, 11) is 0. The molecule has 2 rings (SSSR count). The molecule has 3 N–H and O–H groups in total. The number of nitrogen functional groups attached to an aromatic ring is 1. The van der Waals surface area contributed by atoms with Gasteiger partial charge in [0.25, 0.3) is 0 Å². The van der Waals surface area contributed by atoms with Gasteiger partial charge in [-0.2, -0.15) is 0 Å². The number of thioether (sulfide) groups is 1. The van der Waals surface area contributed by atoms with Gasteiger partial charge in [0.1, 0.15) is 0 Å². The zero-order chi connectivity index (χ0) is 11.7. The maximum atomic E-state index is 11.3. The van der Waals surface area contributed by atoms with Gasteiger partial charge in [-0.3, -0.25) is 14.9 Å². The molecule has 0 saturated carbocycles. The summed E-state index contributed by atoms with van der Waals surface area (Å²) in [5, 5.41) is 2.34. The minimum absolute atomic E-state index is 0.214. The van der Waals surface area contributed by atoms with E-state index in [9.17, 15) is 9.59 Å². The Kier molecular flexibility index (Phi) is 3.07. The van der Waals surface area contributed by atoms with Crippen LogP contribution in [0.3, 0.4) is 0 Å². The number of amides is 2. The number of anilines is 1. The van der Waals surface area contributed by atoms with Crippen LogP contribution in [0.5, 0.6) is 0 Å². The highest BCUT2D eigenvalue weighted by atomic mass is 35.5. The molecule has 1 aliphatic heterocycles. The van der Waals surface area contributed by atoms with E-state index in [1.54, 1.807) is 18.2 Å². The van der Waals surface area contributed by atoms with Crippen molar-refractivity contribution in [1.82, 2.24) is 5.32 Å². The second-order valence-corrected chi connectivity index (χ2v) is 5.09. The van der Waals surface area contributed by atoms with Crippen LogP contribution in [-0.4, -0.2) is 17.1 Å². The zero-order valence-electron chi connectivity index (χ0n) is 8.20. The summed E-state index contributed by atoms with van der Waals surface area (Å²) in [5.74, 6) is -0.480. The molecule has 0 aromatic heterocycles. The molecule has 16 heavy (non-hydrogen) atoms. The van der Waals surface area contributed by atoms with Gasteiger partial charge in [0.2, 0.25) is 11.8 Å². The summed E-state index contributed by atoms with van der Waals surface area (Å²) in [6.07, 6.45) is 0.214. The van der Waals surface area contributed by atoms with Gasteiger partial charge in [-0.25, -0.2) is 0 Å². The number of hydrogen-bond donors (Lipinski definition) is 2. The Morgan fingerprint density at radius 2 is 2.19 bits per heavy atom. The van der Waals surface area contributed by atoms with Gasteiger partial charge in [0, 0.05) is 11.3 Å². The Morgan fingerprint density at radius 1 is 1.44 bits per heavy atom. The predicted octanol–water partition coefficient (Wildman–Crippen LogP) is 1.43. The number of halogens is 1. The lowest BCUT2D eigenvalue weighted by Gasteiger charge is -2.06. The minimum atomic E-state index is -0.368. The van der Waals surface area contributed by atoms with E-state index in [4.69, 9.17) is 17.3 Å². The van der Waals surface area contributed by atoms with Crippen LogP contribution in [-0.2, 0) is 9.59 Å². The number of rotatable bonds is 2. The summed E-state index contributed by atoms with van der Waals surface area (Å²) in [5.41, 5.74) is 6.07. The van der Waals surface area contributed by atoms with Crippen molar-refractivity contribution in [2.24, 2.45) is 0 Å². The highest BCUT2D eigenvalue weighted by Crippen LogP contribution is 2.31. The molecule has 1 saturated heterocycles. The standard InChI is InChI=1S/C10H9ClN2O2S/c11-6-3-5(1-2-7(6)12)16-8-4-9(14)13-10(8)15/h1-3,8H,4,12H2,(H,13,14,15). The molecule has 1 atom stereocenters. The third-order valence-electron chi connectivity index (χ3n) is 2.18. The first-order valence-corrected chi connectivity index (χ1v) is 5.87. The molecule has 1 fully saturated rings. The van der Waals surface area contributed by atoms with Crippen LogP contribution >= 0.6 is 23.4 Å². The van der Waals surface area contributed by atoms with Gasteiger partial charge in [0.05, 0.1) is 16.0 Å². The lowest BCUT2D eigenvalue weighted by molar-refractivity contribution is -0.124. The molecular formula is C10H9ClN2O2S. The van der Waals surface area contributed by atoms with Gasteiger partial charge < -0.3 is 5.73 Å². The smallest absolute Gasteiger partial charge is 0.240 e. The maximum Gasteiger partial charge on any atom is 0.240 e. The average molecular weight is 257 g/mol. The second kappa shape index (κ2) is 4.35.